The molecular weight excluding hydrogens is 245 g/mol. The van der Waals surface area contributed by atoms with Crippen molar-refractivity contribution in [2.45, 2.75) is 18.6 Å². The summed E-state index contributed by atoms with van der Waals surface area (Å²) in [5.74, 6) is -0.829. The monoisotopic (exact) mass is 260 g/mol. The number of nitrogens with two attached hydrogens (primary N) is 1. The topological polar surface area (TPSA) is 46.3 Å². The Morgan fingerprint density at radius 3 is 1.94 bits per heavy atom. The summed E-state index contributed by atoms with van der Waals surface area (Å²) in [6.07, 6.45) is -4.52. The molecule has 1 aromatic carbocycles. The predicted molar refractivity (Wildman–Crippen MR) is 61.7 cm³/mol. The van der Waals surface area contributed by atoms with Crippen LogP contribution in [-0.4, -0.2) is 24.9 Å². The van der Waals surface area contributed by atoms with E-state index in [0.717, 1.165) is 6.07 Å². The molecule has 1 aromatic rings. The van der Waals surface area contributed by atoms with Crippen molar-refractivity contribution in [3.05, 3.63) is 35.4 Å². The van der Waals surface area contributed by atoms with Crippen molar-refractivity contribution in [3.63, 3.8) is 0 Å². The van der Waals surface area contributed by atoms with Crippen LogP contribution in [0, 0.1) is 0 Å². The smallest absolute Gasteiger partial charge is 0.368 e. The zero-order chi connectivity index (χ0) is 14.1. The van der Waals surface area contributed by atoms with E-state index in [4.69, 9.17) is 5.73 Å². The molecule has 100 valence electrons. The van der Waals surface area contributed by atoms with E-state index in [9.17, 15) is 18.0 Å². The van der Waals surface area contributed by atoms with Crippen molar-refractivity contribution in [2.24, 2.45) is 5.73 Å². The fraction of sp³-hybridized carbons (Fsp3) is 0.417. The summed E-state index contributed by atoms with van der Waals surface area (Å²) < 4.78 is 38.8. The number of amides is 1. The van der Waals surface area contributed by atoms with Crippen LogP contribution >= 0.6 is 0 Å². The molecule has 0 bridgehead atoms. The first-order valence-corrected chi connectivity index (χ1v) is 5.26. The van der Waals surface area contributed by atoms with Gasteiger partial charge in [-0.1, -0.05) is 18.2 Å². The molecule has 1 unspecified atom stereocenters. The summed E-state index contributed by atoms with van der Waals surface area (Å²) >= 11 is 0. The predicted octanol–water partition coefficient (Wildman–Crippen LogP) is 1.97. The third-order valence-electron chi connectivity index (χ3n) is 3.13. The fourth-order valence-electron chi connectivity index (χ4n) is 1.75. The lowest BCUT2D eigenvalue weighted by Crippen LogP contribution is -2.50. The highest BCUT2D eigenvalue weighted by Gasteiger charge is 2.43. The molecule has 3 nitrogen and oxygen atoms in total. The Balaban J connectivity index is 3.54. The number of hydrogen-bond acceptors (Lipinski definition) is 2. The fourth-order valence-corrected chi connectivity index (χ4v) is 1.75. The number of nitrogens with zero attached hydrogens (tertiary/aromatic N) is 1. The minimum atomic E-state index is -4.52. The van der Waals surface area contributed by atoms with Crippen molar-refractivity contribution >= 4 is 5.91 Å². The van der Waals surface area contributed by atoms with Crippen molar-refractivity contribution in [2.75, 3.05) is 14.1 Å². The molecule has 0 aliphatic heterocycles. The molecule has 0 saturated carbocycles. The average molecular weight is 260 g/mol. The Bertz CT molecular complexity index is 457. The lowest BCUT2D eigenvalue weighted by atomic mass is 9.86. The Labute approximate surface area is 103 Å². The SMILES string of the molecule is CN(C)C(C)(C(N)=O)c1ccccc1C(F)(F)F. The molecule has 0 saturated heterocycles. The normalized spacial score (nSPS) is 15.5. The average Bonchev–Trinajstić information content (AvgIpc) is 2.26. The molecule has 0 aliphatic carbocycles. The standard InChI is InChI=1S/C12H15F3N2O/c1-11(10(16)18,17(2)3)8-6-4-5-7-9(8)12(13,14)15/h4-7H,1-3H3,(H2,16,18). The second kappa shape index (κ2) is 4.61. The second-order valence-corrected chi connectivity index (χ2v) is 4.37. The Morgan fingerprint density at radius 1 is 1.17 bits per heavy atom. The lowest BCUT2D eigenvalue weighted by molar-refractivity contribution is -0.140. The summed E-state index contributed by atoms with van der Waals surface area (Å²) in [7, 11) is 3.02. The minimum Gasteiger partial charge on any atom is -0.368 e. The number of likely N-dealkylation sites (N-methyl/N-ethyl adjacent to an activating group) is 1. The van der Waals surface area contributed by atoms with Gasteiger partial charge in [-0.25, -0.2) is 0 Å². The van der Waals surface area contributed by atoms with Gasteiger partial charge in [0.25, 0.3) is 0 Å². The number of hydrogen-bond donors (Lipinski definition) is 1. The van der Waals surface area contributed by atoms with Gasteiger partial charge < -0.3 is 5.73 Å². The molecular formula is C12H15F3N2O. The van der Waals surface area contributed by atoms with Gasteiger partial charge in [-0.15, -0.1) is 0 Å². The van der Waals surface area contributed by atoms with E-state index >= 15 is 0 Å². The molecule has 1 atom stereocenters. The molecule has 1 rings (SSSR count). The van der Waals surface area contributed by atoms with Gasteiger partial charge in [0, 0.05) is 0 Å². The quantitative estimate of drug-likeness (QED) is 0.903. The van der Waals surface area contributed by atoms with Gasteiger partial charge in [0.15, 0.2) is 0 Å². The first-order valence-electron chi connectivity index (χ1n) is 5.26. The molecule has 0 aromatic heterocycles. The maximum absolute atomic E-state index is 12.9. The Hall–Kier alpha value is -1.56. The highest BCUT2D eigenvalue weighted by atomic mass is 19.4. The summed E-state index contributed by atoms with van der Waals surface area (Å²) in [6, 6.07) is 4.95. The molecule has 18 heavy (non-hydrogen) atoms. The van der Waals surface area contributed by atoms with Crippen LogP contribution in [-0.2, 0) is 16.5 Å². The first-order chi connectivity index (χ1) is 8.11. The van der Waals surface area contributed by atoms with Crippen LogP contribution < -0.4 is 5.73 Å². The maximum Gasteiger partial charge on any atom is 0.416 e. The summed E-state index contributed by atoms with van der Waals surface area (Å²) in [4.78, 5) is 12.9. The molecule has 1 amide bonds. The molecule has 0 fully saturated rings. The number of rotatable bonds is 3. The third kappa shape index (κ3) is 2.33. The van der Waals surface area contributed by atoms with E-state index in [1.165, 1.54) is 44.1 Å². The Kier molecular flexibility index (Phi) is 3.71. The third-order valence-corrected chi connectivity index (χ3v) is 3.13. The van der Waals surface area contributed by atoms with Gasteiger partial charge in [0.2, 0.25) is 5.91 Å². The van der Waals surface area contributed by atoms with E-state index < -0.39 is 23.2 Å². The second-order valence-electron chi connectivity index (χ2n) is 4.37. The van der Waals surface area contributed by atoms with Crippen LogP contribution in [0.15, 0.2) is 24.3 Å². The van der Waals surface area contributed by atoms with Gasteiger partial charge in [0.05, 0.1) is 5.56 Å². The summed E-state index contributed by atoms with van der Waals surface area (Å²) in [5.41, 5.74) is 2.77. The molecule has 0 heterocycles. The molecule has 0 radical (unpaired) electrons. The molecule has 6 heteroatoms. The summed E-state index contributed by atoms with van der Waals surface area (Å²) in [5, 5.41) is 0. The number of benzene rings is 1. The number of halogens is 3. The highest BCUT2D eigenvalue weighted by molar-refractivity contribution is 5.86. The van der Waals surface area contributed by atoms with Crippen molar-refractivity contribution in [1.29, 1.82) is 0 Å². The number of carbonyl (C=O) groups excluding carboxylic acids is 1. The van der Waals surface area contributed by atoms with E-state index in [2.05, 4.69) is 0 Å². The van der Waals surface area contributed by atoms with Crippen molar-refractivity contribution in [3.8, 4) is 0 Å². The molecule has 2 N–H and O–H groups in total. The molecule has 0 spiro atoms. The maximum atomic E-state index is 12.9. The van der Waals surface area contributed by atoms with Crippen molar-refractivity contribution in [1.82, 2.24) is 4.90 Å². The zero-order valence-electron chi connectivity index (χ0n) is 10.4. The highest BCUT2D eigenvalue weighted by Crippen LogP contribution is 2.38. The van der Waals surface area contributed by atoms with E-state index in [-0.39, 0.29) is 5.56 Å². The lowest BCUT2D eigenvalue weighted by Gasteiger charge is -2.35. The van der Waals surface area contributed by atoms with Gasteiger partial charge >= 0.3 is 6.18 Å². The van der Waals surface area contributed by atoms with Gasteiger partial charge in [-0.2, -0.15) is 13.2 Å². The van der Waals surface area contributed by atoms with E-state index in [1.54, 1.807) is 0 Å². The Morgan fingerprint density at radius 2 is 1.61 bits per heavy atom. The van der Waals surface area contributed by atoms with E-state index in [1.807, 2.05) is 0 Å². The molecule has 0 aliphatic rings. The van der Waals surface area contributed by atoms with Crippen LogP contribution in [0.3, 0.4) is 0 Å². The minimum absolute atomic E-state index is 0.144. The first kappa shape index (κ1) is 14.5. The van der Waals surface area contributed by atoms with Crippen molar-refractivity contribution < 1.29 is 18.0 Å². The van der Waals surface area contributed by atoms with Crippen LogP contribution in [0.4, 0.5) is 13.2 Å². The largest absolute Gasteiger partial charge is 0.416 e. The zero-order valence-corrected chi connectivity index (χ0v) is 10.4. The van der Waals surface area contributed by atoms with Gasteiger partial charge in [0.1, 0.15) is 5.54 Å². The summed E-state index contributed by atoms with van der Waals surface area (Å²) in [6.45, 7) is 1.37. The van der Waals surface area contributed by atoms with E-state index in [0.29, 0.717) is 0 Å². The van der Waals surface area contributed by atoms with Crippen LogP contribution in [0.5, 0.6) is 0 Å². The number of alkyl halides is 3. The van der Waals surface area contributed by atoms with Gasteiger partial charge in [-0.3, -0.25) is 9.69 Å². The number of carbonyl (C=O) groups is 1. The van der Waals surface area contributed by atoms with Crippen LogP contribution in [0.2, 0.25) is 0 Å². The van der Waals surface area contributed by atoms with Crippen LogP contribution in [0.25, 0.3) is 0 Å². The van der Waals surface area contributed by atoms with Gasteiger partial charge in [-0.05, 0) is 32.6 Å². The van der Waals surface area contributed by atoms with Crippen LogP contribution in [0.1, 0.15) is 18.1 Å². The number of primary amides is 1.